The molecule has 0 bridgehead atoms. The summed E-state index contributed by atoms with van der Waals surface area (Å²) in [6, 6.07) is 2.74. The summed E-state index contributed by atoms with van der Waals surface area (Å²) >= 11 is 0. The van der Waals surface area contributed by atoms with Gasteiger partial charge >= 0.3 is 0 Å². The van der Waals surface area contributed by atoms with E-state index in [2.05, 4.69) is 0 Å². The number of hydrogen-bond donors (Lipinski definition) is 1. The zero-order valence-corrected chi connectivity index (χ0v) is 16.1. The maximum Gasteiger partial charge on any atom is 0.200 e. The Labute approximate surface area is 161 Å². The number of aromatic hydroxyl groups is 1. The minimum atomic E-state index is -1.14. The number of benzene rings is 1. The first kappa shape index (κ1) is 19.2. The molecule has 0 radical (unpaired) electrons. The number of ether oxygens (including phenoxy) is 1. The molecule has 3 aliphatic rings. The molecule has 1 N–H and O–H groups in total. The fraction of sp³-hybridized carbons (Fsp3) is 0.739. The van der Waals surface area contributed by atoms with E-state index in [1.807, 2.05) is 0 Å². The second-order valence-corrected chi connectivity index (χ2v) is 9.11. The molecule has 4 rings (SSSR count). The monoisotopic (exact) mass is 378 g/mol. The van der Waals surface area contributed by atoms with Crippen LogP contribution < -0.4 is 0 Å². The smallest absolute Gasteiger partial charge is 0.200 e. The lowest BCUT2D eigenvalue weighted by Gasteiger charge is -2.38. The number of rotatable bonds is 4. The van der Waals surface area contributed by atoms with Crippen LogP contribution in [0.15, 0.2) is 12.1 Å². The summed E-state index contributed by atoms with van der Waals surface area (Å²) in [5.41, 5.74) is 0.337. The second kappa shape index (κ2) is 8.46. The molecule has 1 saturated heterocycles. The third-order valence-corrected chi connectivity index (χ3v) is 7.40. The first-order valence-corrected chi connectivity index (χ1v) is 10.9. The Morgan fingerprint density at radius 1 is 0.852 bits per heavy atom. The number of hydrogen-bond acceptors (Lipinski definition) is 2. The Morgan fingerprint density at radius 2 is 1.56 bits per heavy atom. The highest BCUT2D eigenvalue weighted by Gasteiger charge is 2.34. The van der Waals surface area contributed by atoms with Gasteiger partial charge < -0.3 is 9.84 Å². The fourth-order valence-electron chi connectivity index (χ4n) is 5.77. The van der Waals surface area contributed by atoms with Crippen molar-refractivity contribution in [1.82, 2.24) is 0 Å². The molecule has 0 aromatic heterocycles. The normalized spacial score (nSPS) is 32.7. The van der Waals surface area contributed by atoms with Crippen LogP contribution in [0.1, 0.15) is 82.1 Å². The van der Waals surface area contributed by atoms with Gasteiger partial charge in [-0.25, -0.2) is 4.39 Å². The van der Waals surface area contributed by atoms with Crippen molar-refractivity contribution in [1.29, 1.82) is 0 Å². The molecular weight excluding hydrogens is 346 g/mol. The molecule has 4 heteroatoms. The Kier molecular flexibility index (Phi) is 6.01. The van der Waals surface area contributed by atoms with Gasteiger partial charge in [0.2, 0.25) is 5.82 Å². The lowest BCUT2D eigenvalue weighted by molar-refractivity contribution is -0.0445. The Balaban J connectivity index is 1.26. The predicted octanol–water partition coefficient (Wildman–Crippen LogP) is 6.32. The van der Waals surface area contributed by atoms with Crippen LogP contribution in [0, 0.1) is 29.4 Å². The zero-order chi connectivity index (χ0) is 18.8. The molecule has 0 amide bonds. The van der Waals surface area contributed by atoms with Gasteiger partial charge in [-0.3, -0.25) is 0 Å². The van der Waals surface area contributed by atoms with E-state index in [0.29, 0.717) is 18.1 Å². The van der Waals surface area contributed by atoms with Gasteiger partial charge in [-0.05, 0) is 61.5 Å². The average Bonchev–Trinajstić information content (AvgIpc) is 3.20. The highest BCUT2D eigenvalue weighted by Crippen LogP contribution is 2.42. The minimum absolute atomic E-state index is 0.116. The highest BCUT2D eigenvalue weighted by atomic mass is 19.2. The molecule has 2 aliphatic carbocycles. The number of phenolic OH excluding ortho intramolecular Hbond substituents is 1. The standard InChI is InChI=1S/C23H32F2O2/c24-22-19(10-11-20(26)23(22)25)18-9-12-21(27-14-18)17-7-5-16(6-8-17)13-15-3-1-2-4-15/h10-11,15-18,21,26H,1-9,12-14H2. The molecule has 27 heavy (non-hydrogen) atoms. The van der Waals surface area contributed by atoms with Crippen molar-refractivity contribution in [2.45, 2.75) is 82.7 Å². The van der Waals surface area contributed by atoms with Gasteiger partial charge in [-0.15, -0.1) is 0 Å². The van der Waals surface area contributed by atoms with Crippen molar-refractivity contribution in [3.8, 4) is 5.75 Å². The maximum atomic E-state index is 14.1. The number of halogens is 2. The van der Waals surface area contributed by atoms with Gasteiger partial charge in [0.25, 0.3) is 0 Å². The van der Waals surface area contributed by atoms with Gasteiger partial charge in [-0.1, -0.05) is 44.6 Å². The van der Waals surface area contributed by atoms with Crippen molar-refractivity contribution in [3.05, 3.63) is 29.3 Å². The molecule has 2 unspecified atom stereocenters. The van der Waals surface area contributed by atoms with Crippen molar-refractivity contribution in [3.63, 3.8) is 0 Å². The Morgan fingerprint density at radius 3 is 2.22 bits per heavy atom. The third kappa shape index (κ3) is 4.31. The largest absolute Gasteiger partial charge is 0.505 e. The van der Waals surface area contributed by atoms with Crippen LogP contribution in [0.4, 0.5) is 8.78 Å². The van der Waals surface area contributed by atoms with Crippen LogP contribution in [0.2, 0.25) is 0 Å². The van der Waals surface area contributed by atoms with E-state index in [0.717, 1.165) is 24.7 Å². The minimum Gasteiger partial charge on any atom is -0.505 e. The molecular formula is C23H32F2O2. The van der Waals surface area contributed by atoms with Crippen LogP contribution >= 0.6 is 0 Å². The molecule has 0 spiro atoms. The third-order valence-electron chi connectivity index (χ3n) is 7.40. The van der Waals surface area contributed by atoms with Gasteiger partial charge in [0.1, 0.15) is 0 Å². The van der Waals surface area contributed by atoms with Crippen LogP contribution in [-0.2, 0) is 4.74 Å². The van der Waals surface area contributed by atoms with E-state index < -0.39 is 17.4 Å². The first-order valence-electron chi connectivity index (χ1n) is 10.9. The maximum absolute atomic E-state index is 14.1. The lowest BCUT2D eigenvalue weighted by atomic mass is 9.74. The van der Waals surface area contributed by atoms with Gasteiger partial charge in [0, 0.05) is 5.92 Å². The number of phenols is 1. The molecule has 3 fully saturated rings. The van der Waals surface area contributed by atoms with Gasteiger partial charge in [0.05, 0.1) is 12.7 Å². The van der Waals surface area contributed by atoms with Crippen molar-refractivity contribution >= 4 is 0 Å². The summed E-state index contributed by atoms with van der Waals surface area (Å²) < 4.78 is 33.9. The Bertz CT molecular complexity index is 626. The van der Waals surface area contributed by atoms with Gasteiger partial charge in [0.15, 0.2) is 11.6 Å². The molecule has 1 aromatic rings. The lowest BCUT2D eigenvalue weighted by Crippen LogP contribution is -2.34. The van der Waals surface area contributed by atoms with Crippen molar-refractivity contribution in [2.24, 2.45) is 17.8 Å². The van der Waals surface area contributed by atoms with E-state index >= 15 is 0 Å². The van der Waals surface area contributed by atoms with E-state index in [9.17, 15) is 13.9 Å². The molecule has 1 aromatic carbocycles. The fourth-order valence-corrected chi connectivity index (χ4v) is 5.77. The van der Waals surface area contributed by atoms with E-state index in [1.165, 1.54) is 69.9 Å². The topological polar surface area (TPSA) is 29.5 Å². The second-order valence-electron chi connectivity index (χ2n) is 9.11. The molecule has 150 valence electrons. The SMILES string of the molecule is Oc1ccc(C2CCC(C3CCC(CC4CCCC4)CC3)OC2)c(F)c1F. The van der Waals surface area contributed by atoms with Crippen LogP contribution in [0.25, 0.3) is 0 Å². The molecule has 1 heterocycles. The molecule has 2 atom stereocenters. The predicted molar refractivity (Wildman–Crippen MR) is 102 cm³/mol. The van der Waals surface area contributed by atoms with E-state index in [1.54, 1.807) is 0 Å². The van der Waals surface area contributed by atoms with E-state index in [4.69, 9.17) is 4.74 Å². The summed E-state index contributed by atoms with van der Waals surface area (Å²) in [6.45, 7) is 0.452. The van der Waals surface area contributed by atoms with Crippen LogP contribution in [0.3, 0.4) is 0 Å². The summed E-state index contributed by atoms with van der Waals surface area (Å²) in [7, 11) is 0. The molecule has 2 saturated carbocycles. The van der Waals surface area contributed by atoms with Crippen LogP contribution in [-0.4, -0.2) is 17.8 Å². The summed E-state index contributed by atoms with van der Waals surface area (Å²) in [6.07, 6.45) is 14.4. The van der Waals surface area contributed by atoms with Gasteiger partial charge in [-0.2, -0.15) is 4.39 Å². The van der Waals surface area contributed by atoms with Crippen molar-refractivity contribution < 1.29 is 18.6 Å². The summed E-state index contributed by atoms with van der Waals surface area (Å²) in [5, 5.41) is 9.30. The summed E-state index contributed by atoms with van der Waals surface area (Å²) in [4.78, 5) is 0. The zero-order valence-electron chi connectivity index (χ0n) is 16.1. The van der Waals surface area contributed by atoms with E-state index in [-0.39, 0.29) is 12.0 Å². The quantitative estimate of drug-likeness (QED) is 0.664. The highest BCUT2D eigenvalue weighted by molar-refractivity contribution is 5.32. The summed E-state index contributed by atoms with van der Waals surface area (Å²) in [5.74, 6) is -0.277. The average molecular weight is 379 g/mol. The van der Waals surface area contributed by atoms with Crippen molar-refractivity contribution in [2.75, 3.05) is 6.61 Å². The Hall–Kier alpha value is -1.16. The first-order chi connectivity index (χ1) is 13.1. The molecule has 1 aliphatic heterocycles. The van der Waals surface area contributed by atoms with Crippen LogP contribution in [0.5, 0.6) is 5.75 Å². The molecule has 2 nitrogen and oxygen atoms in total.